The highest BCUT2D eigenvalue weighted by molar-refractivity contribution is 14.1. The summed E-state index contributed by atoms with van der Waals surface area (Å²) in [5.41, 5.74) is 1.66. The van der Waals surface area contributed by atoms with Gasteiger partial charge < -0.3 is 9.84 Å². The van der Waals surface area contributed by atoms with Crippen LogP contribution in [0.25, 0.3) is 0 Å². The Morgan fingerprint density at radius 1 is 1.04 bits per heavy atom. The topological polar surface area (TPSA) is 65.0 Å². The van der Waals surface area contributed by atoms with Gasteiger partial charge in [-0.05, 0) is 41.8 Å². The maximum absolute atomic E-state index is 12.1. The molecule has 0 bridgehead atoms. The summed E-state index contributed by atoms with van der Waals surface area (Å²) < 4.78 is 27.7. The van der Waals surface area contributed by atoms with Crippen LogP contribution >= 0.6 is 53.6 Å². The van der Waals surface area contributed by atoms with Crippen molar-refractivity contribution >= 4 is 53.6 Å². The van der Waals surface area contributed by atoms with Crippen LogP contribution in [0.15, 0.2) is 42.5 Å². The average molecular weight is 574 g/mol. The van der Waals surface area contributed by atoms with Crippen LogP contribution in [0.1, 0.15) is 30.9 Å². The molecule has 1 N–H and O–H groups in total. The number of phenolic OH excluding ortho intramolecular Hbond substituents is 1. The Kier molecular flexibility index (Phi) is 7.36. The van der Waals surface area contributed by atoms with Gasteiger partial charge in [-0.3, -0.25) is 4.57 Å². The van der Waals surface area contributed by atoms with Crippen LogP contribution in [-0.2, 0) is 16.4 Å². The molecule has 5 nitrogen and oxygen atoms in total. The Labute approximate surface area is 169 Å². The molecule has 0 aromatic heterocycles. The zero-order valence-corrected chi connectivity index (χ0v) is 18.3. The van der Waals surface area contributed by atoms with Crippen molar-refractivity contribution in [3.8, 4) is 17.2 Å². The molecule has 0 saturated heterocycles. The highest BCUT2D eigenvalue weighted by Crippen LogP contribution is 2.55. The van der Waals surface area contributed by atoms with Gasteiger partial charge in [0.05, 0.1) is 6.16 Å². The average Bonchev–Trinajstić information content (AvgIpc) is 2.58. The van der Waals surface area contributed by atoms with Crippen LogP contribution in [0.2, 0.25) is 0 Å². The molecule has 0 aliphatic carbocycles. The van der Waals surface area contributed by atoms with Gasteiger partial charge in [0, 0.05) is 5.56 Å². The molecule has 0 fully saturated rings. The van der Waals surface area contributed by atoms with Crippen molar-refractivity contribution in [3.63, 3.8) is 0 Å². The molecule has 2 aromatic rings. The van der Waals surface area contributed by atoms with Crippen LogP contribution in [0.3, 0.4) is 0 Å². The summed E-state index contributed by atoms with van der Waals surface area (Å²) in [6.07, 6.45) is 0.190. The first-order valence-electron chi connectivity index (χ1n) is 7.16. The van der Waals surface area contributed by atoms with Gasteiger partial charge in [-0.2, -0.15) is 0 Å². The molecule has 24 heavy (non-hydrogen) atoms. The van der Waals surface area contributed by atoms with E-state index in [-0.39, 0.29) is 17.8 Å². The van der Waals surface area contributed by atoms with Crippen molar-refractivity contribution < 1.29 is 20.1 Å². The van der Waals surface area contributed by atoms with E-state index in [0.29, 0.717) is 11.5 Å². The second-order valence-electron chi connectivity index (χ2n) is 5.53. The minimum absolute atomic E-state index is 0.190. The van der Waals surface area contributed by atoms with Gasteiger partial charge >= 0.3 is 7.60 Å². The van der Waals surface area contributed by atoms with E-state index in [1.54, 1.807) is 70.3 Å². The zero-order valence-electron chi connectivity index (χ0n) is 13.1. The molecule has 0 spiro atoms. The zero-order chi connectivity index (χ0) is 17.7. The second-order valence-corrected chi connectivity index (χ2v) is 9.71. The normalized spacial score (nSPS) is 11.7. The lowest BCUT2D eigenvalue weighted by Gasteiger charge is -2.13. The number of phenols is 1. The smallest absolute Gasteiger partial charge is 0.353 e. The first kappa shape index (κ1) is 20.0. The maximum atomic E-state index is 12.1. The van der Waals surface area contributed by atoms with E-state index in [9.17, 15) is 9.67 Å². The van der Waals surface area contributed by atoms with Crippen molar-refractivity contribution in [2.24, 2.45) is 0 Å². The van der Waals surface area contributed by atoms with Crippen LogP contribution in [0.5, 0.6) is 17.2 Å². The maximum Gasteiger partial charge on any atom is 0.353 e. The van der Waals surface area contributed by atoms with Crippen molar-refractivity contribution in [1.82, 2.24) is 0 Å². The number of halogens is 2. The van der Waals surface area contributed by atoms with Gasteiger partial charge in [0.25, 0.3) is 0 Å². The Bertz CT molecular complexity index is 726. The van der Waals surface area contributed by atoms with Crippen LogP contribution < -0.4 is 4.74 Å². The molecule has 2 aromatic carbocycles. The molecular weight excluding hydrogens is 557 g/mol. The molecule has 0 heterocycles. The summed E-state index contributed by atoms with van der Waals surface area (Å²) in [5.74, 6) is 1.77. The predicted molar refractivity (Wildman–Crippen MR) is 110 cm³/mol. The lowest BCUT2D eigenvalue weighted by molar-refractivity contribution is 0.454. The Morgan fingerprint density at radius 2 is 1.62 bits per heavy atom. The first-order chi connectivity index (χ1) is 11.4. The quantitative estimate of drug-likeness (QED) is 0.294. The number of hydrogen-bond donors (Lipinski definition) is 1. The third-order valence-corrected chi connectivity index (χ3v) is 8.14. The van der Waals surface area contributed by atoms with E-state index in [1.165, 1.54) is 0 Å². The van der Waals surface area contributed by atoms with Gasteiger partial charge in [0.15, 0.2) is 0 Å². The fraction of sp³-hybridized carbons (Fsp3) is 0.250. The van der Waals surface area contributed by atoms with Gasteiger partial charge in [0.2, 0.25) is 0 Å². The highest BCUT2D eigenvalue weighted by Gasteiger charge is 2.24. The van der Waals surface area contributed by atoms with E-state index in [0.717, 1.165) is 11.1 Å². The molecule has 0 amide bonds. The highest BCUT2D eigenvalue weighted by atomic mass is 127. The first-order valence-corrected chi connectivity index (χ1v) is 10.7. The summed E-state index contributed by atoms with van der Waals surface area (Å²) >= 11 is 3.18. The summed E-state index contributed by atoms with van der Waals surface area (Å²) in [7, 11) is -3.10. The van der Waals surface area contributed by atoms with E-state index in [2.05, 4.69) is 0 Å². The van der Waals surface area contributed by atoms with Crippen molar-refractivity contribution in [1.29, 1.82) is 0 Å². The van der Waals surface area contributed by atoms with E-state index in [1.807, 2.05) is 32.0 Å². The third-order valence-electron chi connectivity index (χ3n) is 3.37. The van der Waals surface area contributed by atoms with Gasteiger partial charge in [-0.1, -0.05) is 26.0 Å². The summed E-state index contributed by atoms with van der Waals surface area (Å²) in [5, 5.41) is 9.86. The van der Waals surface area contributed by atoms with Crippen LogP contribution in [-0.4, -0.2) is 5.11 Å². The largest absolute Gasteiger partial charge is 0.508 e. The van der Waals surface area contributed by atoms with Gasteiger partial charge in [-0.15, -0.1) is 0 Å². The standard InChI is InChI=1S/C16H17I2O5P/c1-11(2)15-9-14(7-8-16(15)19)21-13-5-3-12(4-6-13)10-24(20,22-17)23-18/h3-9,11,19H,10H2,1-2H3. The number of ether oxygens (including phenoxy) is 1. The fourth-order valence-electron chi connectivity index (χ4n) is 2.14. The molecule has 0 aliphatic rings. The van der Waals surface area contributed by atoms with Crippen LogP contribution in [0, 0.1) is 0 Å². The molecule has 2 rings (SSSR count). The summed E-state index contributed by atoms with van der Waals surface area (Å²) in [6, 6.07) is 12.4. The van der Waals surface area contributed by atoms with Gasteiger partial charge in [-0.25, -0.2) is 5.71 Å². The van der Waals surface area contributed by atoms with Crippen molar-refractivity contribution in [2.45, 2.75) is 25.9 Å². The molecule has 0 saturated carbocycles. The number of aromatic hydroxyl groups is 1. The molecule has 0 atom stereocenters. The van der Waals surface area contributed by atoms with E-state index >= 15 is 0 Å². The Morgan fingerprint density at radius 3 is 2.17 bits per heavy atom. The predicted octanol–water partition coefficient (Wildman–Crippen LogP) is 6.73. The number of rotatable bonds is 7. The van der Waals surface area contributed by atoms with E-state index in [4.69, 9.17) is 10.4 Å². The third kappa shape index (κ3) is 5.32. The van der Waals surface area contributed by atoms with E-state index < -0.39 is 7.60 Å². The minimum atomic E-state index is -3.10. The molecule has 0 unspecified atom stereocenters. The van der Waals surface area contributed by atoms with Crippen LogP contribution in [0.4, 0.5) is 0 Å². The molecular formula is C16H17I2O5P. The lowest BCUT2D eigenvalue weighted by atomic mass is 10.0. The number of hydrogen-bond acceptors (Lipinski definition) is 5. The molecule has 0 radical (unpaired) electrons. The lowest BCUT2D eigenvalue weighted by Crippen LogP contribution is -1.92. The van der Waals surface area contributed by atoms with Crippen molar-refractivity contribution in [3.05, 3.63) is 53.6 Å². The van der Waals surface area contributed by atoms with Crippen molar-refractivity contribution in [2.75, 3.05) is 0 Å². The summed E-state index contributed by atoms with van der Waals surface area (Å²) in [6.45, 7) is 4.02. The summed E-state index contributed by atoms with van der Waals surface area (Å²) in [4.78, 5) is 0. The minimum Gasteiger partial charge on any atom is -0.508 e. The number of benzene rings is 2. The molecule has 0 aliphatic heterocycles. The fourth-order valence-corrected chi connectivity index (χ4v) is 5.16. The Hall–Kier alpha value is -0.350. The SMILES string of the molecule is CC(C)c1cc(Oc2ccc(CP(=O)(OI)OI)cc2)ccc1O. The molecule has 8 heteroatoms. The molecule has 130 valence electrons. The van der Waals surface area contributed by atoms with Gasteiger partial charge in [0.1, 0.15) is 63.3 Å². The monoisotopic (exact) mass is 574 g/mol. The Balaban J connectivity index is 2.12. The second kappa shape index (κ2) is 8.84.